The molecule has 2 aromatic rings. The lowest BCUT2D eigenvalue weighted by Gasteiger charge is -2.09. The van der Waals surface area contributed by atoms with Crippen molar-refractivity contribution < 1.29 is 4.79 Å². The molecule has 20 heavy (non-hydrogen) atoms. The minimum atomic E-state index is -0.271. The van der Waals surface area contributed by atoms with Crippen molar-refractivity contribution >= 4 is 33.3 Å². The Kier molecular flexibility index (Phi) is 4.33. The molecule has 0 unspecified atom stereocenters. The van der Waals surface area contributed by atoms with Crippen molar-refractivity contribution in [1.29, 1.82) is 5.26 Å². The van der Waals surface area contributed by atoms with E-state index in [1.807, 2.05) is 6.07 Å². The van der Waals surface area contributed by atoms with E-state index in [1.165, 1.54) is 0 Å². The van der Waals surface area contributed by atoms with Crippen LogP contribution in [0, 0.1) is 11.3 Å². The molecule has 0 saturated carbocycles. The average Bonchev–Trinajstić information content (AvgIpc) is 2.48. The van der Waals surface area contributed by atoms with Crippen LogP contribution in [-0.2, 0) is 0 Å². The third-order valence-electron chi connectivity index (χ3n) is 2.61. The molecule has 0 aliphatic carbocycles. The first-order chi connectivity index (χ1) is 9.63. The fraction of sp³-hybridized carbons (Fsp3) is 0.0714. The Morgan fingerprint density at radius 3 is 2.65 bits per heavy atom. The van der Waals surface area contributed by atoms with Gasteiger partial charge in [0.05, 0.1) is 17.2 Å². The van der Waals surface area contributed by atoms with Crippen LogP contribution in [0.15, 0.2) is 41.0 Å². The summed E-state index contributed by atoms with van der Waals surface area (Å²) >= 11 is 3.29. The van der Waals surface area contributed by atoms with E-state index in [4.69, 9.17) is 5.26 Å². The van der Waals surface area contributed by atoms with E-state index in [1.54, 1.807) is 43.6 Å². The number of hydrogen-bond acceptors (Lipinski definition) is 4. The number of nitriles is 1. The van der Waals surface area contributed by atoms with Gasteiger partial charge in [0.2, 0.25) is 0 Å². The van der Waals surface area contributed by atoms with Gasteiger partial charge in [-0.15, -0.1) is 0 Å². The molecule has 0 saturated heterocycles. The zero-order chi connectivity index (χ0) is 14.5. The zero-order valence-electron chi connectivity index (χ0n) is 10.6. The Labute approximate surface area is 124 Å². The number of amides is 1. The Morgan fingerprint density at radius 2 is 2.05 bits per heavy atom. The first-order valence-electron chi connectivity index (χ1n) is 5.79. The van der Waals surface area contributed by atoms with Crippen LogP contribution in [-0.4, -0.2) is 17.9 Å². The van der Waals surface area contributed by atoms with E-state index < -0.39 is 0 Å². The number of benzene rings is 1. The fourth-order valence-corrected chi connectivity index (χ4v) is 1.97. The summed E-state index contributed by atoms with van der Waals surface area (Å²) in [7, 11) is 1.70. The molecular formula is C14H11BrN4O. The van der Waals surface area contributed by atoms with Crippen LogP contribution in [0.2, 0.25) is 0 Å². The van der Waals surface area contributed by atoms with Crippen LogP contribution in [0.5, 0.6) is 0 Å². The van der Waals surface area contributed by atoms with Crippen molar-refractivity contribution in [3.63, 3.8) is 0 Å². The van der Waals surface area contributed by atoms with Crippen LogP contribution in [0.4, 0.5) is 11.5 Å². The molecule has 0 atom stereocenters. The molecular weight excluding hydrogens is 320 g/mol. The van der Waals surface area contributed by atoms with E-state index >= 15 is 0 Å². The van der Waals surface area contributed by atoms with Gasteiger partial charge in [0, 0.05) is 23.4 Å². The number of carbonyl (C=O) groups is 1. The monoisotopic (exact) mass is 330 g/mol. The van der Waals surface area contributed by atoms with Gasteiger partial charge in [-0.05, 0) is 46.3 Å². The Morgan fingerprint density at radius 1 is 1.35 bits per heavy atom. The summed E-state index contributed by atoms with van der Waals surface area (Å²) in [5.41, 5.74) is 1.60. The minimum absolute atomic E-state index is 0.271. The molecule has 0 aliphatic rings. The SMILES string of the molecule is CNc1ncc(Br)cc1C(=O)Nc1ccc(C#N)cc1. The largest absolute Gasteiger partial charge is 0.372 e. The first kappa shape index (κ1) is 14.0. The van der Waals surface area contributed by atoms with Crippen molar-refractivity contribution in [2.75, 3.05) is 17.7 Å². The maximum absolute atomic E-state index is 12.2. The number of rotatable bonds is 3. The molecule has 100 valence electrons. The maximum Gasteiger partial charge on any atom is 0.259 e. The summed E-state index contributed by atoms with van der Waals surface area (Å²) < 4.78 is 0.724. The molecule has 1 aromatic heterocycles. The summed E-state index contributed by atoms with van der Waals surface area (Å²) in [5, 5.41) is 14.4. The summed E-state index contributed by atoms with van der Waals surface area (Å²) in [4.78, 5) is 16.3. The average molecular weight is 331 g/mol. The van der Waals surface area contributed by atoms with Gasteiger partial charge < -0.3 is 10.6 Å². The number of carbonyl (C=O) groups excluding carboxylic acids is 1. The Hall–Kier alpha value is -2.39. The molecule has 2 N–H and O–H groups in total. The number of pyridine rings is 1. The standard InChI is InChI=1S/C14H11BrN4O/c1-17-13-12(6-10(15)8-18-13)14(20)19-11-4-2-9(7-16)3-5-11/h2-6,8H,1H3,(H,17,18)(H,19,20). The van der Waals surface area contributed by atoms with Crippen LogP contribution in [0.25, 0.3) is 0 Å². The molecule has 6 heteroatoms. The van der Waals surface area contributed by atoms with E-state index in [2.05, 4.69) is 31.5 Å². The highest BCUT2D eigenvalue weighted by Crippen LogP contribution is 2.19. The van der Waals surface area contributed by atoms with E-state index in [0.717, 1.165) is 4.47 Å². The highest BCUT2D eigenvalue weighted by Gasteiger charge is 2.12. The fourth-order valence-electron chi connectivity index (χ4n) is 1.64. The molecule has 1 aromatic carbocycles. The van der Waals surface area contributed by atoms with Crippen LogP contribution >= 0.6 is 15.9 Å². The normalized spacial score (nSPS) is 9.65. The number of halogens is 1. The minimum Gasteiger partial charge on any atom is -0.372 e. The predicted molar refractivity (Wildman–Crippen MR) is 80.6 cm³/mol. The maximum atomic E-state index is 12.2. The molecule has 0 aliphatic heterocycles. The van der Waals surface area contributed by atoms with Crippen molar-refractivity contribution in [3.05, 3.63) is 52.1 Å². The van der Waals surface area contributed by atoms with Crippen molar-refractivity contribution in [1.82, 2.24) is 4.98 Å². The molecule has 0 fully saturated rings. The second kappa shape index (κ2) is 6.17. The Bertz CT molecular complexity index is 677. The van der Waals surface area contributed by atoms with Gasteiger partial charge >= 0.3 is 0 Å². The first-order valence-corrected chi connectivity index (χ1v) is 6.58. The third-order valence-corrected chi connectivity index (χ3v) is 3.04. The lowest BCUT2D eigenvalue weighted by Crippen LogP contribution is -2.14. The van der Waals surface area contributed by atoms with Gasteiger partial charge in [-0.25, -0.2) is 4.98 Å². The van der Waals surface area contributed by atoms with Crippen molar-refractivity contribution in [3.8, 4) is 6.07 Å². The second-order valence-corrected chi connectivity index (χ2v) is 4.86. The van der Waals surface area contributed by atoms with Crippen molar-refractivity contribution in [2.45, 2.75) is 0 Å². The number of aromatic nitrogens is 1. The second-order valence-electron chi connectivity index (χ2n) is 3.94. The zero-order valence-corrected chi connectivity index (χ0v) is 12.2. The van der Waals surface area contributed by atoms with Gasteiger partial charge in [0.25, 0.3) is 5.91 Å². The molecule has 2 rings (SSSR count). The summed E-state index contributed by atoms with van der Waals surface area (Å²) in [6.07, 6.45) is 1.62. The molecule has 0 bridgehead atoms. The third kappa shape index (κ3) is 3.13. The smallest absolute Gasteiger partial charge is 0.259 e. The molecule has 0 spiro atoms. The van der Waals surface area contributed by atoms with Crippen molar-refractivity contribution in [2.24, 2.45) is 0 Å². The number of anilines is 2. The molecule has 1 heterocycles. The number of nitrogens with zero attached hydrogens (tertiary/aromatic N) is 2. The lowest BCUT2D eigenvalue weighted by atomic mass is 10.2. The van der Waals surface area contributed by atoms with Gasteiger partial charge in [0.1, 0.15) is 5.82 Å². The van der Waals surface area contributed by atoms with Crippen LogP contribution in [0.3, 0.4) is 0 Å². The van der Waals surface area contributed by atoms with Gasteiger partial charge in [-0.1, -0.05) is 0 Å². The summed E-state index contributed by atoms with van der Waals surface area (Å²) in [5.74, 6) is 0.229. The molecule has 5 nitrogen and oxygen atoms in total. The van der Waals surface area contributed by atoms with Gasteiger partial charge in [-0.3, -0.25) is 4.79 Å². The molecule has 0 radical (unpaired) electrons. The Balaban J connectivity index is 2.23. The lowest BCUT2D eigenvalue weighted by molar-refractivity contribution is 0.102. The predicted octanol–water partition coefficient (Wildman–Crippen LogP) is 3.01. The van der Waals surface area contributed by atoms with Gasteiger partial charge in [-0.2, -0.15) is 5.26 Å². The summed E-state index contributed by atoms with van der Waals surface area (Å²) in [6.45, 7) is 0. The summed E-state index contributed by atoms with van der Waals surface area (Å²) in [6, 6.07) is 10.4. The van der Waals surface area contributed by atoms with Crippen LogP contribution in [0.1, 0.15) is 15.9 Å². The number of nitrogens with one attached hydrogen (secondary N) is 2. The van der Waals surface area contributed by atoms with Crippen LogP contribution < -0.4 is 10.6 Å². The van der Waals surface area contributed by atoms with E-state index in [-0.39, 0.29) is 5.91 Å². The topological polar surface area (TPSA) is 77.8 Å². The number of hydrogen-bond donors (Lipinski definition) is 2. The van der Waals surface area contributed by atoms with Gasteiger partial charge in [0.15, 0.2) is 0 Å². The highest BCUT2D eigenvalue weighted by atomic mass is 79.9. The molecule has 1 amide bonds. The quantitative estimate of drug-likeness (QED) is 0.906. The van der Waals surface area contributed by atoms with E-state index in [9.17, 15) is 4.79 Å². The van der Waals surface area contributed by atoms with E-state index in [0.29, 0.717) is 22.6 Å². The highest BCUT2D eigenvalue weighted by molar-refractivity contribution is 9.10.